The van der Waals surface area contributed by atoms with Crippen LogP contribution in [0.1, 0.15) is 1.43 Å². The maximum absolute atomic E-state index is 7.07. The molecule has 3 heteroatoms. The molecular formula is CH5KO2. The van der Waals surface area contributed by atoms with Gasteiger partial charge in [0.25, 0.3) is 0 Å². The molecule has 0 radical (unpaired) electrons. The summed E-state index contributed by atoms with van der Waals surface area (Å²) in [5, 5.41) is 7.07. The van der Waals surface area contributed by atoms with Crippen molar-refractivity contribution < 1.29 is 63.0 Å². The van der Waals surface area contributed by atoms with Crippen LogP contribution in [0.15, 0.2) is 0 Å². The standard InChI is InChI=1S/CH4O2.K.H/c1-3-2;;/h2H,1H3;;/q;+1;-1. The first-order valence-corrected chi connectivity index (χ1v) is 0.591. The van der Waals surface area contributed by atoms with Crippen LogP contribution in [0.25, 0.3) is 0 Å². The van der Waals surface area contributed by atoms with E-state index in [1.165, 1.54) is 7.11 Å². The molecule has 0 saturated heterocycles. The quantitative estimate of drug-likeness (QED) is 0.197. The Kier molecular flexibility index (Phi) is 20.1. The van der Waals surface area contributed by atoms with Gasteiger partial charge in [0.15, 0.2) is 0 Å². The van der Waals surface area contributed by atoms with E-state index in [0.717, 1.165) is 0 Å². The molecule has 0 heterocycles. The van der Waals surface area contributed by atoms with Crippen LogP contribution < -0.4 is 51.4 Å². The smallest absolute Gasteiger partial charge is 1.00 e. The molecule has 4 heavy (non-hydrogen) atoms. The Morgan fingerprint density at radius 2 is 2.00 bits per heavy atom. The Labute approximate surface area is 69.0 Å². The van der Waals surface area contributed by atoms with Crippen LogP contribution in [0, 0.1) is 0 Å². The third-order valence-corrected chi connectivity index (χ3v) is 0. The Bertz CT molecular complexity index is 9.61. The first kappa shape index (κ1) is 9.12. The molecule has 0 aliphatic rings. The average molecular weight is 88.1 g/mol. The molecular weight excluding hydrogens is 83.1 g/mol. The third-order valence-electron chi connectivity index (χ3n) is 0. The van der Waals surface area contributed by atoms with E-state index < -0.39 is 0 Å². The fraction of sp³-hybridized carbons (Fsp3) is 1.00. The molecule has 0 aliphatic carbocycles. The van der Waals surface area contributed by atoms with Gasteiger partial charge in [-0.15, -0.1) is 0 Å². The number of rotatable bonds is 0. The van der Waals surface area contributed by atoms with Crippen molar-refractivity contribution in [3.8, 4) is 0 Å². The van der Waals surface area contributed by atoms with Gasteiger partial charge >= 0.3 is 51.4 Å². The van der Waals surface area contributed by atoms with Gasteiger partial charge in [-0.3, -0.25) is 5.26 Å². The van der Waals surface area contributed by atoms with Gasteiger partial charge in [0.2, 0.25) is 0 Å². The van der Waals surface area contributed by atoms with E-state index in [1.54, 1.807) is 0 Å². The molecule has 0 aromatic rings. The van der Waals surface area contributed by atoms with Crippen LogP contribution in [0.3, 0.4) is 0 Å². The Hall–Kier alpha value is 1.56. The molecule has 0 saturated carbocycles. The normalized spacial score (nSPS) is 4.50. The summed E-state index contributed by atoms with van der Waals surface area (Å²) in [6.45, 7) is 0. The first-order valence-electron chi connectivity index (χ1n) is 0.591. The van der Waals surface area contributed by atoms with Crippen molar-refractivity contribution in [2.24, 2.45) is 0 Å². The van der Waals surface area contributed by atoms with Gasteiger partial charge in [-0.25, -0.2) is 4.89 Å². The minimum atomic E-state index is 0. The van der Waals surface area contributed by atoms with Crippen LogP contribution in [0.5, 0.6) is 0 Å². The van der Waals surface area contributed by atoms with Crippen LogP contribution in [0.4, 0.5) is 0 Å². The van der Waals surface area contributed by atoms with E-state index in [1.807, 2.05) is 0 Å². The van der Waals surface area contributed by atoms with E-state index in [9.17, 15) is 0 Å². The summed E-state index contributed by atoms with van der Waals surface area (Å²) >= 11 is 0. The van der Waals surface area contributed by atoms with Gasteiger partial charge in [-0.2, -0.15) is 0 Å². The molecule has 0 aliphatic heterocycles. The van der Waals surface area contributed by atoms with E-state index in [4.69, 9.17) is 5.26 Å². The van der Waals surface area contributed by atoms with Crippen molar-refractivity contribution in [2.45, 2.75) is 0 Å². The predicted molar refractivity (Wildman–Crippen MR) is 10.7 cm³/mol. The minimum Gasteiger partial charge on any atom is -1.00 e. The molecule has 0 atom stereocenters. The van der Waals surface area contributed by atoms with Crippen LogP contribution in [-0.2, 0) is 4.89 Å². The fourth-order valence-electron chi connectivity index (χ4n) is 0. The zero-order valence-corrected chi connectivity index (χ0v) is 5.98. The molecule has 0 aromatic heterocycles. The Morgan fingerprint density at radius 1 is 2.00 bits per heavy atom. The van der Waals surface area contributed by atoms with E-state index in [0.29, 0.717) is 0 Å². The SMILES string of the molecule is COO.[H-].[K+]. The van der Waals surface area contributed by atoms with Crippen LogP contribution >= 0.6 is 0 Å². The second-order valence-electron chi connectivity index (χ2n) is 0.183. The summed E-state index contributed by atoms with van der Waals surface area (Å²) in [6.07, 6.45) is 0. The van der Waals surface area contributed by atoms with Gasteiger partial charge in [0, 0.05) is 0 Å². The number of hydrogen-bond donors (Lipinski definition) is 1. The maximum Gasteiger partial charge on any atom is 1.00 e. The molecule has 0 spiro atoms. The first-order chi connectivity index (χ1) is 1.41. The second kappa shape index (κ2) is 8.82. The molecule has 0 amide bonds. The van der Waals surface area contributed by atoms with Crippen molar-refractivity contribution in [1.82, 2.24) is 0 Å². The molecule has 0 rings (SSSR count). The molecule has 0 unspecified atom stereocenters. The Balaban J connectivity index is -0.0000000200. The molecule has 22 valence electrons. The fourth-order valence-corrected chi connectivity index (χ4v) is 0. The van der Waals surface area contributed by atoms with E-state index >= 15 is 0 Å². The predicted octanol–water partition coefficient (Wildman–Crippen LogP) is -2.78. The summed E-state index contributed by atoms with van der Waals surface area (Å²) in [5.41, 5.74) is 0. The Morgan fingerprint density at radius 3 is 2.00 bits per heavy atom. The summed E-state index contributed by atoms with van der Waals surface area (Å²) in [5.74, 6) is 0. The van der Waals surface area contributed by atoms with Crippen LogP contribution in [0.2, 0.25) is 0 Å². The van der Waals surface area contributed by atoms with Crippen molar-refractivity contribution in [3.63, 3.8) is 0 Å². The summed E-state index contributed by atoms with van der Waals surface area (Å²) < 4.78 is 0. The molecule has 0 bridgehead atoms. The van der Waals surface area contributed by atoms with Crippen molar-refractivity contribution >= 4 is 0 Å². The molecule has 0 fully saturated rings. The van der Waals surface area contributed by atoms with Gasteiger partial charge in [0.1, 0.15) is 0 Å². The number of hydrogen-bond acceptors (Lipinski definition) is 2. The van der Waals surface area contributed by atoms with Crippen molar-refractivity contribution in [3.05, 3.63) is 0 Å². The van der Waals surface area contributed by atoms with Gasteiger partial charge in [-0.1, -0.05) is 0 Å². The monoisotopic (exact) mass is 88.0 g/mol. The van der Waals surface area contributed by atoms with E-state index in [2.05, 4.69) is 4.89 Å². The molecule has 1 N–H and O–H groups in total. The van der Waals surface area contributed by atoms with Crippen LogP contribution in [-0.4, -0.2) is 12.4 Å². The zero-order chi connectivity index (χ0) is 2.71. The molecule has 2 nitrogen and oxygen atoms in total. The van der Waals surface area contributed by atoms with Gasteiger partial charge in [0.05, 0.1) is 7.11 Å². The third kappa shape index (κ3) is 9.59. The molecule has 0 aromatic carbocycles. The van der Waals surface area contributed by atoms with Gasteiger partial charge < -0.3 is 1.43 Å². The largest absolute Gasteiger partial charge is 1.00 e. The van der Waals surface area contributed by atoms with Crippen molar-refractivity contribution in [1.29, 1.82) is 0 Å². The minimum absolute atomic E-state index is 0. The zero-order valence-electron chi connectivity index (χ0n) is 3.86. The maximum atomic E-state index is 7.07. The summed E-state index contributed by atoms with van der Waals surface area (Å²) in [6, 6.07) is 0. The average Bonchev–Trinajstić information content (AvgIpc) is 0.918. The second-order valence-corrected chi connectivity index (χ2v) is 0.183. The summed E-state index contributed by atoms with van der Waals surface area (Å²) in [4.78, 5) is 3.25. The van der Waals surface area contributed by atoms with E-state index in [-0.39, 0.29) is 52.8 Å². The summed E-state index contributed by atoms with van der Waals surface area (Å²) in [7, 11) is 1.18. The van der Waals surface area contributed by atoms with Crippen molar-refractivity contribution in [2.75, 3.05) is 7.11 Å². The van der Waals surface area contributed by atoms with Gasteiger partial charge in [-0.05, 0) is 0 Å². The topological polar surface area (TPSA) is 29.5 Å².